The Morgan fingerprint density at radius 2 is 2.00 bits per heavy atom. The summed E-state index contributed by atoms with van der Waals surface area (Å²) >= 11 is 5.95. The molecule has 0 aliphatic rings. The summed E-state index contributed by atoms with van der Waals surface area (Å²) in [6.45, 7) is 0. The van der Waals surface area contributed by atoms with Crippen molar-refractivity contribution < 1.29 is 4.74 Å². The van der Waals surface area contributed by atoms with Crippen LogP contribution in [0.3, 0.4) is 0 Å². The number of para-hydroxylation sites is 1. The Morgan fingerprint density at radius 1 is 1.22 bits per heavy atom. The Morgan fingerprint density at radius 3 is 2.72 bits per heavy atom. The fourth-order valence-corrected chi connectivity index (χ4v) is 1.78. The molecule has 0 saturated heterocycles. The van der Waals surface area contributed by atoms with Crippen molar-refractivity contribution in [3.63, 3.8) is 0 Å². The maximum Gasteiger partial charge on any atom is 0.139 e. The van der Waals surface area contributed by atoms with Gasteiger partial charge in [0.15, 0.2) is 0 Å². The van der Waals surface area contributed by atoms with E-state index in [1.807, 2.05) is 24.3 Å². The van der Waals surface area contributed by atoms with Crippen molar-refractivity contribution in [2.75, 3.05) is 12.4 Å². The number of benzene rings is 2. The molecule has 2 aromatic carbocycles. The summed E-state index contributed by atoms with van der Waals surface area (Å²) in [6, 6.07) is 14.8. The van der Waals surface area contributed by atoms with Gasteiger partial charge >= 0.3 is 0 Å². The van der Waals surface area contributed by atoms with Gasteiger partial charge in [0.05, 0.1) is 23.4 Å². The van der Waals surface area contributed by atoms with Gasteiger partial charge in [0, 0.05) is 11.8 Å². The molecule has 2 rings (SSSR count). The highest BCUT2D eigenvalue weighted by atomic mass is 35.5. The van der Waals surface area contributed by atoms with Gasteiger partial charge in [-0.2, -0.15) is 5.26 Å². The van der Waals surface area contributed by atoms with Crippen LogP contribution >= 0.6 is 11.6 Å². The molecule has 4 heteroatoms. The van der Waals surface area contributed by atoms with Crippen LogP contribution in [0.5, 0.6) is 5.75 Å². The molecule has 1 N–H and O–H groups in total. The summed E-state index contributed by atoms with van der Waals surface area (Å²) in [5, 5.41) is 12.7. The minimum atomic E-state index is 0.552. The van der Waals surface area contributed by atoms with Crippen LogP contribution in [0.25, 0.3) is 0 Å². The molecule has 0 heterocycles. The smallest absolute Gasteiger partial charge is 0.139 e. The predicted octanol–water partition coefficient (Wildman–Crippen LogP) is 3.96. The van der Waals surface area contributed by atoms with Crippen LogP contribution in [-0.4, -0.2) is 7.11 Å². The molecule has 0 aromatic heterocycles. The van der Waals surface area contributed by atoms with Gasteiger partial charge < -0.3 is 10.1 Å². The second-order valence-electron chi connectivity index (χ2n) is 3.63. The van der Waals surface area contributed by atoms with Gasteiger partial charge in [0.1, 0.15) is 11.8 Å². The zero-order valence-corrected chi connectivity index (χ0v) is 10.5. The zero-order valence-electron chi connectivity index (χ0n) is 9.77. The SMILES string of the molecule is COc1cc(Nc2ccccc2C#N)ccc1Cl. The van der Waals surface area contributed by atoms with Crippen LogP contribution in [0.4, 0.5) is 11.4 Å². The molecule has 0 fully saturated rings. The average molecular weight is 259 g/mol. The third-order valence-corrected chi connectivity index (χ3v) is 2.79. The van der Waals surface area contributed by atoms with Crippen molar-refractivity contribution >= 4 is 23.0 Å². The van der Waals surface area contributed by atoms with Gasteiger partial charge in [-0.05, 0) is 24.3 Å². The number of methoxy groups -OCH3 is 1. The summed E-state index contributed by atoms with van der Waals surface area (Å²) in [4.78, 5) is 0. The number of nitrogens with zero attached hydrogens (tertiary/aromatic N) is 1. The topological polar surface area (TPSA) is 45.0 Å². The standard InChI is InChI=1S/C14H11ClN2O/c1-18-14-8-11(6-7-12(14)15)17-13-5-3-2-4-10(13)9-16/h2-8,17H,1H3. The first-order valence-corrected chi connectivity index (χ1v) is 5.72. The number of hydrogen-bond donors (Lipinski definition) is 1. The lowest BCUT2D eigenvalue weighted by molar-refractivity contribution is 0.415. The molecule has 90 valence electrons. The van der Waals surface area contributed by atoms with E-state index in [2.05, 4.69) is 11.4 Å². The molecule has 0 saturated carbocycles. The second-order valence-corrected chi connectivity index (χ2v) is 4.04. The number of nitriles is 1. The van der Waals surface area contributed by atoms with E-state index in [4.69, 9.17) is 21.6 Å². The Labute approximate surface area is 111 Å². The second kappa shape index (κ2) is 5.44. The molecule has 18 heavy (non-hydrogen) atoms. The van der Waals surface area contributed by atoms with Gasteiger partial charge in [-0.1, -0.05) is 23.7 Å². The third kappa shape index (κ3) is 2.55. The minimum absolute atomic E-state index is 0.552. The normalized spacial score (nSPS) is 9.61. The largest absolute Gasteiger partial charge is 0.495 e. The van der Waals surface area contributed by atoms with Crippen molar-refractivity contribution in [2.45, 2.75) is 0 Å². The molecule has 0 unspecified atom stereocenters. The first-order chi connectivity index (χ1) is 8.74. The highest BCUT2D eigenvalue weighted by Gasteiger charge is 2.04. The lowest BCUT2D eigenvalue weighted by Crippen LogP contribution is -1.94. The first-order valence-electron chi connectivity index (χ1n) is 5.34. The molecule has 0 bridgehead atoms. The summed E-state index contributed by atoms with van der Waals surface area (Å²) in [5.41, 5.74) is 2.16. The molecule has 0 aliphatic carbocycles. The molecular weight excluding hydrogens is 248 g/mol. The molecule has 0 amide bonds. The molecule has 2 aromatic rings. The Hall–Kier alpha value is -2.18. The third-order valence-electron chi connectivity index (χ3n) is 2.48. The van der Waals surface area contributed by atoms with Gasteiger partial charge in [-0.25, -0.2) is 0 Å². The quantitative estimate of drug-likeness (QED) is 0.906. The average Bonchev–Trinajstić information content (AvgIpc) is 2.41. The molecular formula is C14H11ClN2O. The van der Waals surface area contributed by atoms with Crippen LogP contribution in [0.15, 0.2) is 42.5 Å². The van der Waals surface area contributed by atoms with E-state index in [1.54, 1.807) is 25.3 Å². The Bertz CT molecular complexity index is 605. The summed E-state index contributed by atoms with van der Waals surface area (Å²) < 4.78 is 5.14. The molecule has 0 aliphatic heterocycles. The van der Waals surface area contributed by atoms with Crippen LogP contribution in [0, 0.1) is 11.3 Å². The lowest BCUT2D eigenvalue weighted by Gasteiger charge is -2.10. The summed E-state index contributed by atoms with van der Waals surface area (Å²) in [5.74, 6) is 0.594. The van der Waals surface area contributed by atoms with Crippen LogP contribution in [0.1, 0.15) is 5.56 Å². The monoisotopic (exact) mass is 258 g/mol. The van der Waals surface area contributed by atoms with Gasteiger partial charge in [-0.15, -0.1) is 0 Å². The van der Waals surface area contributed by atoms with E-state index >= 15 is 0 Å². The highest BCUT2D eigenvalue weighted by Crippen LogP contribution is 2.29. The lowest BCUT2D eigenvalue weighted by atomic mass is 10.2. The predicted molar refractivity (Wildman–Crippen MR) is 72.4 cm³/mol. The summed E-state index contributed by atoms with van der Waals surface area (Å²) in [7, 11) is 1.56. The molecule has 0 atom stereocenters. The Kier molecular flexibility index (Phi) is 3.71. The summed E-state index contributed by atoms with van der Waals surface area (Å²) in [6.07, 6.45) is 0. The molecule has 0 spiro atoms. The number of nitrogens with one attached hydrogen (secondary N) is 1. The number of anilines is 2. The van der Waals surface area contributed by atoms with Gasteiger partial charge in [-0.3, -0.25) is 0 Å². The molecule has 0 radical (unpaired) electrons. The van der Waals surface area contributed by atoms with E-state index in [1.165, 1.54) is 0 Å². The van der Waals surface area contributed by atoms with Crippen LogP contribution in [0.2, 0.25) is 5.02 Å². The minimum Gasteiger partial charge on any atom is -0.495 e. The van der Waals surface area contributed by atoms with E-state index in [-0.39, 0.29) is 0 Å². The Balaban J connectivity index is 2.32. The first kappa shape index (κ1) is 12.3. The maximum absolute atomic E-state index is 9.01. The van der Waals surface area contributed by atoms with E-state index in [9.17, 15) is 0 Å². The fraction of sp³-hybridized carbons (Fsp3) is 0.0714. The number of ether oxygens (including phenoxy) is 1. The fourth-order valence-electron chi connectivity index (χ4n) is 1.58. The van der Waals surface area contributed by atoms with Crippen molar-refractivity contribution in [3.05, 3.63) is 53.1 Å². The zero-order chi connectivity index (χ0) is 13.0. The van der Waals surface area contributed by atoms with Crippen molar-refractivity contribution in [3.8, 4) is 11.8 Å². The number of hydrogen-bond acceptors (Lipinski definition) is 3. The van der Waals surface area contributed by atoms with Gasteiger partial charge in [0.25, 0.3) is 0 Å². The van der Waals surface area contributed by atoms with Crippen LogP contribution in [-0.2, 0) is 0 Å². The highest BCUT2D eigenvalue weighted by molar-refractivity contribution is 6.32. The van der Waals surface area contributed by atoms with Crippen molar-refractivity contribution in [2.24, 2.45) is 0 Å². The number of halogens is 1. The van der Waals surface area contributed by atoms with Crippen molar-refractivity contribution in [1.82, 2.24) is 0 Å². The van der Waals surface area contributed by atoms with Gasteiger partial charge in [0.2, 0.25) is 0 Å². The van der Waals surface area contributed by atoms with E-state index in [0.717, 1.165) is 11.4 Å². The molecule has 3 nitrogen and oxygen atoms in total. The van der Waals surface area contributed by atoms with Crippen LogP contribution < -0.4 is 10.1 Å². The van der Waals surface area contributed by atoms with Crippen molar-refractivity contribution in [1.29, 1.82) is 5.26 Å². The van der Waals surface area contributed by atoms with E-state index < -0.39 is 0 Å². The maximum atomic E-state index is 9.01. The van der Waals surface area contributed by atoms with E-state index in [0.29, 0.717) is 16.3 Å². The number of rotatable bonds is 3.